The molecule has 0 radical (unpaired) electrons. The second-order valence-corrected chi connectivity index (χ2v) is 4.82. The van der Waals surface area contributed by atoms with E-state index in [4.69, 9.17) is 4.42 Å². The minimum Gasteiger partial charge on any atom is -0.453 e. The summed E-state index contributed by atoms with van der Waals surface area (Å²) in [5.74, 6) is 0.945. The standard InChI is InChI=1S/C10H11BrN2OS/c11-9-2-1-8(14-9)7-12-4-3-10-13-5-6-15-10/h1-2,5-6,12H,3-4,7H2. The fraction of sp³-hybridized carbons (Fsp3) is 0.300. The SMILES string of the molecule is Brc1ccc(CNCCc2nccs2)o1. The van der Waals surface area contributed by atoms with E-state index in [0.29, 0.717) is 0 Å². The first kappa shape index (κ1) is 10.9. The van der Waals surface area contributed by atoms with Gasteiger partial charge in [-0.15, -0.1) is 11.3 Å². The lowest BCUT2D eigenvalue weighted by Crippen LogP contribution is -2.16. The first-order chi connectivity index (χ1) is 7.34. The first-order valence-corrected chi connectivity index (χ1v) is 6.35. The van der Waals surface area contributed by atoms with Crippen molar-refractivity contribution in [1.29, 1.82) is 0 Å². The average Bonchev–Trinajstić information content (AvgIpc) is 2.84. The molecule has 0 aliphatic heterocycles. The number of hydrogen-bond donors (Lipinski definition) is 1. The Kier molecular flexibility index (Phi) is 3.94. The van der Waals surface area contributed by atoms with Crippen LogP contribution in [0.5, 0.6) is 0 Å². The highest BCUT2D eigenvalue weighted by molar-refractivity contribution is 9.10. The van der Waals surface area contributed by atoms with Gasteiger partial charge in [0.1, 0.15) is 5.76 Å². The summed E-state index contributed by atoms with van der Waals surface area (Å²) in [7, 11) is 0. The van der Waals surface area contributed by atoms with E-state index < -0.39 is 0 Å². The van der Waals surface area contributed by atoms with Crippen molar-refractivity contribution in [3.63, 3.8) is 0 Å². The zero-order chi connectivity index (χ0) is 10.5. The molecule has 1 N–H and O–H groups in total. The molecule has 2 aromatic rings. The van der Waals surface area contributed by atoms with Gasteiger partial charge in [0.15, 0.2) is 4.67 Å². The Hall–Kier alpha value is -0.650. The Morgan fingerprint density at radius 3 is 3.07 bits per heavy atom. The minimum atomic E-state index is 0.761. The number of nitrogens with one attached hydrogen (secondary N) is 1. The van der Waals surface area contributed by atoms with Crippen molar-refractivity contribution in [2.45, 2.75) is 13.0 Å². The van der Waals surface area contributed by atoms with Crippen LogP contribution in [-0.4, -0.2) is 11.5 Å². The fourth-order valence-electron chi connectivity index (χ4n) is 1.23. The quantitative estimate of drug-likeness (QED) is 0.859. The number of aromatic nitrogens is 1. The molecule has 2 rings (SSSR count). The summed E-state index contributed by atoms with van der Waals surface area (Å²) in [5.41, 5.74) is 0. The van der Waals surface area contributed by atoms with E-state index in [1.165, 1.54) is 5.01 Å². The molecule has 0 aromatic carbocycles. The van der Waals surface area contributed by atoms with Crippen LogP contribution in [0, 0.1) is 0 Å². The molecule has 0 aliphatic rings. The lowest BCUT2D eigenvalue weighted by molar-refractivity contribution is 0.466. The number of nitrogens with zero attached hydrogens (tertiary/aromatic N) is 1. The predicted octanol–water partition coefficient (Wildman–Crippen LogP) is 2.83. The van der Waals surface area contributed by atoms with Gasteiger partial charge in [-0.1, -0.05) is 0 Å². The fourth-order valence-corrected chi connectivity index (χ4v) is 2.19. The van der Waals surface area contributed by atoms with Gasteiger partial charge in [-0.3, -0.25) is 0 Å². The van der Waals surface area contributed by atoms with E-state index in [-0.39, 0.29) is 0 Å². The lowest BCUT2D eigenvalue weighted by atomic mass is 10.4. The zero-order valence-corrected chi connectivity index (χ0v) is 10.5. The molecule has 15 heavy (non-hydrogen) atoms. The second kappa shape index (κ2) is 5.44. The molecule has 0 aliphatic carbocycles. The Bertz CT molecular complexity index is 399. The Morgan fingerprint density at radius 1 is 1.47 bits per heavy atom. The Labute approximate surface area is 101 Å². The summed E-state index contributed by atoms with van der Waals surface area (Å²) in [5, 5.41) is 6.47. The monoisotopic (exact) mass is 286 g/mol. The maximum absolute atomic E-state index is 5.36. The van der Waals surface area contributed by atoms with Crippen molar-refractivity contribution in [1.82, 2.24) is 10.3 Å². The van der Waals surface area contributed by atoms with Gasteiger partial charge in [0.25, 0.3) is 0 Å². The van der Waals surface area contributed by atoms with Crippen LogP contribution in [0.4, 0.5) is 0 Å². The highest BCUT2D eigenvalue weighted by atomic mass is 79.9. The largest absolute Gasteiger partial charge is 0.453 e. The molecule has 0 saturated carbocycles. The van der Waals surface area contributed by atoms with E-state index in [0.717, 1.165) is 29.9 Å². The van der Waals surface area contributed by atoms with Gasteiger partial charge in [-0.25, -0.2) is 4.98 Å². The third-order valence-electron chi connectivity index (χ3n) is 1.93. The maximum Gasteiger partial charge on any atom is 0.169 e. The van der Waals surface area contributed by atoms with Gasteiger partial charge in [0.05, 0.1) is 11.6 Å². The molecule has 0 atom stereocenters. The number of hydrogen-bond acceptors (Lipinski definition) is 4. The van der Waals surface area contributed by atoms with Crippen molar-refractivity contribution in [2.24, 2.45) is 0 Å². The minimum absolute atomic E-state index is 0.761. The van der Waals surface area contributed by atoms with E-state index >= 15 is 0 Å². The van der Waals surface area contributed by atoms with Crippen molar-refractivity contribution >= 4 is 27.3 Å². The van der Waals surface area contributed by atoms with E-state index in [2.05, 4.69) is 26.2 Å². The van der Waals surface area contributed by atoms with Crippen molar-refractivity contribution in [2.75, 3.05) is 6.54 Å². The average molecular weight is 287 g/mol. The van der Waals surface area contributed by atoms with E-state index in [9.17, 15) is 0 Å². The molecule has 0 spiro atoms. The lowest BCUT2D eigenvalue weighted by Gasteiger charge is -1.99. The van der Waals surface area contributed by atoms with Crippen LogP contribution < -0.4 is 5.32 Å². The van der Waals surface area contributed by atoms with Crippen LogP contribution in [0.15, 0.2) is 32.8 Å². The number of thiazole rings is 1. The number of furan rings is 1. The molecular weight excluding hydrogens is 276 g/mol. The van der Waals surface area contributed by atoms with Gasteiger partial charge in [0.2, 0.25) is 0 Å². The molecule has 3 nitrogen and oxygen atoms in total. The normalized spacial score (nSPS) is 10.7. The van der Waals surface area contributed by atoms with Gasteiger partial charge < -0.3 is 9.73 Å². The van der Waals surface area contributed by atoms with Gasteiger partial charge in [0, 0.05) is 24.5 Å². The summed E-state index contributed by atoms with van der Waals surface area (Å²) in [6.45, 7) is 1.68. The van der Waals surface area contributed by atoms with Crippen molar-refractivity contribution < 1.29 is 4.42 Å². The molecule has 0 fully saturated rings. The van der Waals surface area contributed by atoms with E-state index in [1.807, 2.05) is 23.7 Å². The van der Waals surface area contributed by atoms with Crippen LogP contribution >= 0.6 is 27.3 Å². The van der Waals surface area contributed by atoms with Crippen LogP contribution in [0.3, 0.4) is 0 Å². The van der Waals surface area contributed by atoms with Crippen molar-refractivity contribution in [3.8, 4) is 0 Å². The van der Waals surface area contributed by atoms with Crippen LogP contribution in [-0.2, 0) is 13.0 Å². The predicted molar refractivity (Wildman–Crippen MR) is 63.9 cm³/mol. The molecule has 0 amide bonds. The third-order valence-corrected chi connectivity index (χ3v) is 3.19. The van der Waals surface area contributed by atoms with Gasteiger partial charge >= 0.3 is 0 Å². The number of rotatable bonds is 5. The molecule has 2 heterocycles. The third kappa shape index (κ3) is 3.44. The maximum atomic E-state index is 5.36. The summed E-state index contributed by atoms with van der Waals surface area (Å²) in [6.07, 6.45) is 2.81. The molecule has 2 aromatic heterocycles. The molecular formula is C10H11BrN2OS. The number of halogens is 1. The van der Waals surface area contributed by atoms with Crippen LogP contribution in [0.25, 0.3) is 0 Å². The van der Waals surface area contributed by atoms with Crippen LogP contribution in [0.1, 0.15) is 10.8 Å². The van der Waals surface area contributed by atoms with E-state index in [1.54, 1.807) is 11.3 Å². The highest BCUT2D eigenvalue weighted by Gasteiger charge is 1.99. The zero-order valence-electron chi connectivity index (χ0n) is 8.07. The van der Waals surface area contributed by atoms with Crippen LogP contribution in [0.2, 0.25) is 0 Å². The topological polar surface area (TPSA) is 38.1 Å². The first-order valence-electron chi connectivity index (χ1n) is 4.68. The van der Waals surface area contributed by atoms with Gasteiger partial charge in [-0.2, -0.15) is 0 Å². The smallest absolute Gasteiger partial charge is 0.169 e. The molecule has 0 saturated heterocycles. The molecule has 5 heteroatoms. The summed E-state index contributed by atoms with van der Waals surface area (Å²) in [4.78, 5) is 4.21. The second-order valence-electron chi connectivity index (χ2n) is 3.06. The molecule has 0 bridgehead atoms. The summed E-state index contributed by atoms with van der Waals surface area (Å²) < 4.78 is 6.14. The summed E-state index contributed by atoms with van der Waals surface area (Å²) in [6, 6.07) is 3.86. The Balaban J connectivity index is 1.67. The summed E-state index contributed by atoms with van der Waals surface area (Å²) >= 11 is 4.96. The molecule has 0 unspecified atom stereocenters. The molecule has 80 valence electrons. The highest BCUT2D eigenvalue weighted by Crippen LogP contribution is 2.13. The Morgan fingerprint density at radius 2 is 2.40 bits per heavy atom. The van der Waals surface area contributed by atoms with Crippen molar-refractivity contribution in [3.05, 3.63) is 39.1 Å². The van der Waals surface area contributed by atoms with Gasteiger partial charge in [-0.05, 0) is 28.1 Å².